The van der Waals surface area contributed by atoms with Crippen LogP contribution in [0.5, 0.6) is 5.75 Å². The number of rotatable bonds is 7. The predicted molar refractivity (Wildman–Crippen MR) is 126 cm³/mol. The van der Waals surface area contributed by atoms with Gasteiger partial charge in [-0.2, -0.15) is 0 Å². The standard InChI is InChI=1S/C23H29ClFN5O3/c1-3-18(31)30-9-6-13(7-10-30)16-5-8-28-23(29-16)19(22(27)32)21(26)14-11-15(24)20(25)17(12-14)33-4-2/h3,11-13,16H,1,4-10,26H2,2H3,(H2,27,32)(H,28,29). The van der Waals surface area contributed by atoms with Gasteiger partial charge >= 0.3 is 0 Å². The Labute approximate surface area is 197 Å². The number of aliphatic imine (C=N–C) groups is 1. The molecule has 1 fully saturated rings. The Kier molecular flexibility index (Phi) is 7.97. The molecule has 1 aromatic rings. The second kappa shape index (κ2) is 10.7. The summed E-state index contributed by atoms with van der Waals surface area (Å²) in [5.74, 6) is -0.995. The van der Waals surface area contributed by atoms with Crippen LogP contribution in [-0.2, 0) is 9.59 Å². The van der Waals surface area contributed by atoms with Crippen molar-refractivity contribution in [3.05, 3.63) is 46.8 Å². The highest BCUT2D eigenvalue weighted by molar-refractivity contribution is 6.31. The van der Waals surface area contributed by atoms with Crippen LogP contribution in [0, 0.1) is 11.7 Å². The summed E-state index contributed by atoms with van der Waals surface area (Å²) in [5.41, 5.74) is 12.3. The molecule has 1 saturated heterocycles. The fraction of sp³-hybridized carbons (Fsp3) is 0.435. The summed E-state index contributed by atoms with van der Waals surface area (Å²) in [6.45, 7) is 7.28. The maximum atomic E-state index is 14.2. The van der Waals surface area contributed by atoms with Crippen LogP contribution in [-0.4, -0.2) is 54.8 Å². The number of primary amides is 1. The first-order chi connectivity index (χ1) is 15.8. The van der Waals surface area contributed by atoms with Crippen LogP contribution in [0.15, 0.2) is 35.4 Å². The van der Waals surface area contributed by atoms with Gasteiger partial charge in [-0.05, 0) is 50.3 Å². The van der Waals surface area contributed by atoms with Gasteiger partial charge < -0.3 is 26.4 Å². The Bertz CT molecular complexity index is 1000. The number of nitrogens with one attached hydrogen (secondary N) is 1. The van der Waals surface area contributed by atoms with Crippen molar-refractivity contribution in [1.82, 2.24) is 10.2 Å². The smallest absolute Gasteiger partial charge is 0.254 e. The molecular weight excluding hydrogens is 449 g/mol. The van der Waals surface area contributed by atoms with Crippen molar-refractivity contribution in [3.8, 4) is 5.75 Å². The molecule has 0 radical (unpaired) electrons. The van der Waals surface area contributed by atoms with Gasteiger partial charge in [-0.1, -0.05) is 18.2 Å². The third-order valence-corrected chi connectivity index (χ3v) is 6.26. The van der Waals surface area contributed by atoms with Crippen molar-refractivity contribution in [2.75, 3.05) is 26.2 Å². The number of amides is 2. The largest absolute Gasteiger partial charge is 0.491 e. The monoisotopic (exact) mass is 477 g/mol. The Hall–Kier alpha value is -3.07. The molecule has 2 aliphatic heterocycles. The fourth-order valence-electron chi connectivity index (χ4n) is 4.27. The van der Waals surface area contributed by atoms with Crippen LogP contribution in [0.1, 0.15) is 31.7 Å². The molecule has 2 amide bonds. The summed E-state index contributed by atoms with van der Waals surface area (Å²) in [6.07, 6.45) is 3.75. The molecule has 0 bridgehead atoms. The maximum absolute atomic E-state index is 14.2. The Balaban J connectivity index is 1.84. The fourth-order valence-corrected chi connectivity index (χ4v) is 4.48. The minimum Gasteiger partial charge on any atom is -0.491 e. The van der Waals surface area contributed by atoms with E-state index < -0.39 is 11.7 Å². The molecule has 8 nitrogen and oxygen atoms in total. The van der Waals surface area contributed by atoms with E-state index in [4.69, 9.17) is 27.8 Å². The number of nitrogens with two attached hydrogens (primary N) is 2. The number of benzene rings is 1. The molecule has 1 atom stereocenters. The van der Waals surface area contributed by atoms with Crippen molar-refractivity contribution in [1.29, 1.82) is 0 Å². The third kappa shape index (κ3) is 5.47. The van der Waals surface area contributed by atoms with Gasteiger partial charge in [0, 0.05) is 31.2 Å². The van der Waals surface area contributed by atoms with Crippen molar-refractivity contribution < 1.29 is 18.7 Å². The molecule has 178 valence electrons. The first kappa shape index (κ1) is 24.6. The Morgan fingerprint density at radius 1 is 1.33 bits per heavy atom. The lowest BCUT2D eigenvalue weighted by Crippen LogP contribution is -2.50. The van der Waals surface area contributed by atoms with Gasteiger partial charge in [-0.25, -0.2) is 4.39 Å². The molecule has 10 heteroatoms. The third-order valence-electron chi connectivity index (χ3n) is 5.99. The van der Waals surface area contributed by atoms with Crippen LogP contribution < -0.4 is 21.5 Å². The summed E-state index contributed by atoms with van der Waals surface area (Å²) >= 11 is 6.01. The second-order valence-electron chi connectivity index (χ2n) is 7.99. The highest BCUT2D eigenvalue weighted by Gasteiger charge is 2.32. The molecule has 0 aliphatic carbocycles. The van der Waals surface area contributed by atoms with Crippen LogP contribution in [0.4, 0.5) is 4.39 Å². The summed E-state index contributed by atoms with van der Waals surface area (Å²) in [5, 5.41) is 3.15. The van der Waals surface area contributed by atoms with Gasteiger partial charge in [0.05, 0.1) is 17.3 Å². The van der Waals surface area contributed by atoms with E-state index in [1.807, 2.05) is 0 Å². The molecule has 2 heterocycles. The van der Waals surface area contributed by atoms with Crippen LogP contribution in [0.3, 0.4) is 0 Å². The lowest BCUT2D eigenvalue weighted by molar-refractivity contribution is -0.127. The number of likely N-dealkylation sites (tertiary alicyclic amines) is 1. The van der Waals surface area contributed by atoms with E-state index in [0.717, 1.165) is 19.3 Å². The molecule has 0 saturated carbocycles. The van der Waals surface area contributed by atoms with Gasteiger partial charge in [-0.15, -0.1) is 0 Å². The van der Waals surface area contributed by atoms with E-state index in [9.17, 15) is 14.0 Å². The van der Waals surface area contributed by atoms with Crippen molar-refractivity contribution in [3.63, 3.8) is 0 Å². The number of carbonyl (C=O) groups excluding carboxylic acids is 2. The molecule has 1 aromatic carbocycles. The first-order valence-corrected chi connectivity index (χ1v) is 11.3. The zero-order valence-corrected chi connectivity index (χ0v) is 19.3. The molecule has 1 unspecified atom stereocenters. The summed E-state index contributed by atoms with van der Waals surface area (Å²) in [4.78, 5) is 30.5. The van der Waals surface area contributed by atoms with Crippen molar-refractivity contribution in [2.45, 2.75) is 32.2 Å². The molecule has 33 heavy (non-hydrogen) atoms. The second-order valence-corrected chi connectivity index (χ2v) is 8.40. The summed E-state index contributed by atoms with van der Waals surface area (Å²) < 4.78 is 19.5. The van der Waals surface area contributed by atoms with Crippen molar-refractivity contribution >= 4 is 34.9 Å². The van der Waals surface area contributed by atoms with Crippen LogP contribution >= 0.6 is 11.6 Å². The van der Waals surface area contributed by atoms with Crippen molar-refractivity contribution in [2.24, 2.45) is 22.4 Å². The average Bonchev–Trinajstić information content (AvgIpc) is 2.81. The number of amidine groups is 1. The molecule has 2 aliphatic rings. The number of piperidine rings is 1. The Morgan fingerprint density at radius 2 is 2.03 bits per heavy atom. The summed E-state index contributed by atoms with van der Waals surface area (Å²) in [6, 6.07) is 2.76. The molecule has 5 N–H and O–H groups in total. The zero-order valence-electron chi connectivity index (χ0n) is 18.6. The van der Waals surface area contributed by atoms with Gasteiger partial charge in [-0.3, -0.25) is 14.6 Å². The Morgan fingerprint density at radius 3 is 2.64 bits per heavy atom. The van der Waals surface area contributed by atoms with E-state index in [0.29, 0.717) is 37.0 Å². The quantitative estimate of drug-likeness (QED) is 0.519. The topological polar surface area (TPSA) is 123 Å². The average molecular weight is 478 g/mol. The van der Waals surface area contributed by atoms with Gasteiger partial charge in [0.15, 0.2) is 11.6 Å². The lowest BCUT2D eigenvalue weighted by Gasteiger charge is -2.38. The number of ether oxygens (including phenoxy) is 1. The summed E-state index contributed by atoms with van der Waals surface area (Å²) in [7, 11) is 0. The highest BCUT2D eigenvalue weighted by atomic mass is 35.5. The number of hydrogen-bond donors (Lipinski definition) is 3. The van der Waals surface area contributed by atoms with Crippen LogP contribution in [0.2, 0.25) is 5.02 Å². The van der Waals surface area contributed by atoms with Gasteiger partial charge in [0.25, 0.3) is 5.91 Å². The molecule has 0 aromatic heterocycles. The first-order valence-electron chi connectivity index (χ1n) is 10.9. The SMILES string of the molecule is C=CC(=O)N1CCC(C2CCN=C(C(C(N)=O)=C(N)c3cc(Cl)c(F)c(OCC)c3)N2)CC1. The molecular formula is C23H29ClFN5O3. The number of halogens is 2. The lowest BCUT2D eigenvalue weighted by atomic mass is 9.86. The highest BCUT2D eigenvalue weighted by Crippen LogP contribution is 2.31. The predicted octanol–water partition coefficient (Wildman–Crippen LogP) is 2.22. The van der Waals surface area contributed by atoms with E-state index in [1.54, 1.807) is 11.8 Å². The molecule has 3 rings (SSSR count). The normalized spacial score (nSPS) is 19.8. The molecule has 0 spiro atoms. The van der Waals surface area contributed by atoms with E-state index in [1.165, 1.54) is 18.2 Å². The minimum atomic E-state index is -0.760. The van der Waals surface area contributed by atoms with Gasteiger partial charge in [0.2, 0.25) is 5.91 Å². The van der Waals surface area contributed by atoms with Crippen LogP contribution in [0.25, 0.3) is 5.70 Å². The number of carbonyl (C=O) groups is 2. The number of nitrogens with zero attached hydrogens (tertiary/aromatic N) is 2. The number of hydrogen-bond acceptors (Lipinski definition) is 6. The minimum absolute atomic E-state index is 0.0177. The van der Waals surface area contributed by atoms with E-state index >= 15 is 0 Å². The van der Waals surface area contributed by atoms with E-state index in [-0.39, 0.29) is 40.6 Å². The van der Waals surface area contributed by atoms with E-state index in [2.05, 4.69) is 16.9 Å². The van der Waals surface area contributed by atoms with Gasteiger partial charge in [0.1, 0.15) is 11.4 Å². The maximum Gasteiger partial charge on any atom is 0.254 e. The zero-order chi connectivity index (χ0) is 24.1.